The Hall–Kier alpha value is -5.60. The maximum Gasteiger partial charge on any atom is 0.135 e. The van der Waals surface area contributed by atoms with Crippen LogP contribution in [0.15, 0.2) is 150 Å². The fraction of sp³-hybridized carbons (Fsp3) is 0. The van der Waals surface area contributed by atoms with Crippen LogP contribution in [0.25, 0.3) is 77.2 Å². The van der Waals surface area contributed by atoms with Crippen molar-refractivity contribution in [1.29, 1.82) is 0 Å². The molecule has 8 aromatic rings. The fourth-order valence-electron chi connectivity index (χ4n) is 6.41. The Morgan fingerprint density at radius 3 is 1.90 bits per heavy atom. The lowest BCUT2D eigenvalue weighted by Gasteiger charge is -2.22. The summed E-state index contributed by atoms with van der Waals surface area (Å²) < 4.78 is 12.5. The molecule has 2 heterocycles. The summed E-state index contributed by atoms with van der Waals surface area (Å²) >= 11 is 0. The van der Waals surface area contributed by atoms with Crippen molar-refractivity contribution in [2.24, 2.45) is 0 Å². The summed E-state index contributed by atoms with van der Waals surface area (Å²) in [6.45, 7) is 0. The van der Waals surface area contributed by atoms with E-state index in [1.807, 2.05) is 12.1 Å². The molecule has 0 amide bonds. The van der Waals surface area contributed by atoms with Crippen molar-refractivity contribution in [3.05, 3.63) is 146 Å². The summed E-state index contributed by atoms with van der Waals surface area (Å²) in [5.74, 6) is 1.81. The smallest absolute Gasteiger partial charge is 0.135 e. The molecule has 0 fully saturated rings. The third-order valence-corrected chi connectivity index (χ3v) is 8.44. The first-order chi connectivity index (χ1) is 20.8. The zero-order valence-electron chi connectivity index (χ0n) is 22.7. The third kappa shape index (κ3) is 3.59. The predicted octanol–water partition coefficient (Wildman–Crippen LogP) is 11.5. The van der Waals surface area contributed by atoms with Crippen molar-refractivity contribution in [1.82, 2.24) is 0 Å². The maximum atomic E-state index is 6.39. The predicted molar refractivity (Wildman–Crippen MR) is 173 cm³/mol. The summed E-state index contributed by atoms with van der Waals surface area (Å²) in [5, 5.41) is 4.63. The lowest BCUT2D eigenvalue weighted by atomic mass is 9.90. The van der Waals surface area contributed by atoms with E-state index in [1.54, 1.807) is 0 Å². The molecule has 196 valence electrons. The van der Waals surface area contributed by atoms with Crippen LogP contribution < -0.4 is 4.74 Å². The molecule has 0 aliphatic carbocycles. The number of rotatable bonds is 3. The highest BCUT2D eigenvalue weighted by Gasteiger charge is 2.20. The molecule has 0 saturated heterocycles. The van der Waals surface area contributed by atoms with E-state index in [9.17, 15) is 0 Å². The molecular weight excluding hydrogens is 512 g/mol. The van der Waals surface area contributed by atoms with Crippen molar-refractivity contribution in [2.45, 2.75) is 0 Å². The molecule has 2 heteroatoms. The molecule has 2 nitrogen and oxygen atoms in total. The highest BCUT2D eigenvalue weighted by Crippen LogP contribution is 2.48. The van der Waals surface area contributed by atoms with Gasteiger partial charge in [-0.3, -0.25) is 0 Å². The van der Waals surface area contributed by atoms with Gasteiger partial charge in [-0.15, -0.1) is 0 Å². The SMILES string of the molecule is c1ccc(-c2cc(-c3ccc4c(c3)-c3cccc5cccc(c35)O4)cc(-c3ccc4oc5ccccc5c4c3)c2)cc1. The summed E-state index contributed by atoms with van der Waals surface area (Å²) in [7, 11) is 0. The third-order valence-electron chi connectivity index (χ3n) is 8.44. The Morgan fingerprint density at radius 1 is 0.357 bits per heavy atom. The van der Waals surface area contributed by atoms with Crippen molar-refractivity contribution in [3.63, 3.8) is 0 Å². The first kappa shape index (κ1) is 23.1. The minimum atomic E-state index is 0.890. The molecule has 7 aromatic carbocycles. The van der Waals surface area contributed by atoms with Crippen molar-refractivity contribution >= 4 is 32.7 Å². The number of para-hydroxylation sites is 1. The van der Waals surface area contributed by atoms with Gasteiger partial charge in [0, 0.05) is 21.7 Å². The zero-order valence-corrected chi connectivity index (χ0v) is 22.7. The topological polar surface area (TPSA) is 22.4 Å². The second-order valence-electron chi connectivity index (χ2n) is 10.9. The van der Waals surface area contributed by atoms with E-state index >= 15 is 0 Å². The van der Waals surface area contributed by atoms with E-state index in [0.717, 1.165) is 55.7 Å². The molecule has 9 rings (SSSR count). The molecule has 1 aliphatic heterocycles. The average Bonchev–Trinajstić information content (AvgIpc) is 3.43. The van der Waals surface area contributed by atoms with E-state index in [-0.39, 0.29) is 0 Å². The molecule has 0 unspecified atom stereocenters. The summed E-state index contributed by atoms with van der Waals surface area (Å²) in [6.07, 6.45) is 0. The van der Waals surface area contributed by atoms with Gasteiger partial charge in [0.15, 0.2) is 0 Å². The van der Waals surface area contributed by atoms with Gasteiger partial charge in [0.2, 0.25) is 0 Å². The van der Waals surface area contributed by atoms with Gasteiger partial charge in [-0.05, 0) is 98.9 Å². The Morgan fingerprint density at radius 2 is 1.05 bits per heavy atom. The highest BCUT2D eigenvalue weighted by atomic mass is 16.5. The Bertz CT molecular complexity index is 2320. The van der Waals surface area contributed by atoms with Crippen LogP contribution >= 0.6 is 0 Å². The van der Waals surface area contributed by atoms with Crippen molar-refractivity contribution in [3.8, 4) is 56.0 Å². The maximum absolute atomic E-state index is 6.39. The summed E-state index contributed by atoms with van der Waals surface area (Å²) in [4.78, 5) is 0. The monoisotopic (exact) mass is 536 g/mol. The van der Waals surface area contributed by atoms with Gasteiger partial charge < -0.3 is 9.15 Å². The molecule has 0 saturated carbocycles. The Balaban J connectivity index is 1.24. The number of ether oxygens (including phenoxy) is 1. The number of hydrogen-bond acceptors (Lipinski definition) is 2. The number of benzene rings is 7. The van der Waals surface area contributed by atoms with E-state index in [1.165, 1.54) is 33.0 Å². The average molecular weight is 537 g/mol. The molecule has 1 aliphatic rings. The van der Waals surface area contributed by atoms with E-state index < -0.39 is 0 Å². The molecule has 0 atom stereocenters. The minimum absolute atomic E-state index is 0.890. The van der Waals surface area contributed by atoms with Gasteiger partial charge in [-0.2, -0.15) is 0 Å². The quantitative estimate of drug-likeness (QED) is 0.224. The molecule has 0 N–H and O–H groups in total. The molecule has 1 aromatic heterocycles. The van der Waals surface area contributed by atoms with Crippen LogP contribution in [0, 0.1) is 0 Å². The molecule has 0 bridgehead atoms. The van der Waals surface area contributed by atoms with Gasteiger partial charge in [0.1, 0.15) is 22.7 Å². The molecular formula is C40H24O2. The van der Waals surface area contributed by atoms with Crippen LogP contribution in [0.4, 0.5) is 0 Å². The second kappa shape index (κ2) is 8.95. The Labute approximate surface area is 243 Å². The van der Waals surface area contributed by atoms with Crippen molar-refractivity contribution < 1.29 is 9.15 Å². The molecule has 0 spiro atoms. The largest absolute Gasteiger partial charge is 0.456 e. The van der Waals surface area contributed by atoms with Gasteiger partial charge >= 0.3 is 0 Å². The standard InChI is InChI=1S/C40H24O2/c1-2-8-25(9-3-1)29-20-30(27-16-18-37-34(23-27)32-12-4-5-14-36(32)41-37)22-31(21-29)28-17-19-38-35(24-28)33-13-6-10-26-11-7-15-39(42-38)40(26)33/h1-24H. The highest BCUT2D eigenvalue weighted by molar-refractivity contribution is 6.07. The van der Waals surface area contributed by atoms with Crippen molar-refractivity contribution in [2.75, 3.05) is 0 Å². The Kier molecular flexibility index (Phi) is 4.93. The van der Waals surface area contributed by atoms with Gasteiger partial charge in [0.05, 0.1) is 0 Å². The van der Waals surface area contributed by atoms with Crippen LogP contribution in [0.3, 0.4) is 0 Å². The van der Waals surface area contributed by atoms with Crippen LogP contribution in [-0.2, 0) is 0 Å². The van der Waals surface area contributed by atoms with Crippen LogP contribution in [0.1, 0.15) is 0 Å². The van der Waals surface area contributed by atoms with E-state index in [2.05, 4.69) is 133 Å². The van der Waals surface area contributed by atoms with Crippen LogP contribution in [0.2, 0.25) is 0 Å². The first-order valence-corrected chi connectivity index (χ1v) is 14.3. The normalized spacial score (nSPS) is 12.0. The second-order valence-corrected chi connectivity index (χ2v) is 10.9. The van der Waals surface area contributed by atoms with E-state index in [4.69, 9.17) is 9.15 Å². The summed E-state index contributed by atoms with van der Waals surface area (Å²) in [6, 6.07) is 51.6. The summed E-state index contributed by atoms with van der Waals surface area (Å²) in [5.41, 5.74) is 11.2. The number of hydrogen-bond donors (Lipinski definition) is 0. The zero-order chi connectivity index (χ0) is 27.6. The van der Waals surface area contributed by atoms with E-state index in [0.29, 0.717) is 0 Å². The molecule has 0 radical (unpaired) electrons. The lowest BCUT2D eigenvalue weighted by molar-refractivity contribution is 0.487. The van der Waals surface area contributed by atoms with Gasteiger partial charge in [-0.25, -0.2) is 0 Å². The lowest BCUT2D eigenvalue weighted by Crippen LogP contribution is -1.97. The minimum Gasteiger partial charge on any atom is -0.456 e. The van der Waals surface area contributed by atoms with Gasteiger partial charge in [-0.1, -0.05) is 91.0 Å². The number of fused-ring (bicyclic) bond motifs is 5. The van der Waals surface area contributed by atoms with Crippen LogP contribution in [-0.4, -0.2) is 0 Å². The fourth-order valence-corrected chi connectivity index (χ4v) is 6.41. The van der Waals surface area contributed by atoms with Crippen LogP contribution in [0.5, 0.6) is 11.5 Å². The number of furan rings is 1. The molecule has 42 heavy (non-hydrogen) atoms. The van der Waals surface area contributed by atoms with Gasteiger partial charge in [0.25, 0.3) is 0 Å². The first-order valence-electron chi connectivity index (χ1n) is 14.3.